The summed E-state index contributed by atoms with van der Waals surface area (Å²) in [6.07, 6.45) is 0. The quantitative estimate of drug-likeness (QED) is 0.334. The largest absolute Gasteiger partial charge is 0.407 e. The summed E-state index contributed by atoms with van der Waals surface area (Å²) in [4.78, 5) is 10.5. The third-order valence-electron chi connectivity index (χ3n) is 0.572. The smallest absolute Gasteiger partial charge is 0.339 e. The Hall–Kier alpha value is -1.25. The molecule has 0 bridgehead atoms. The summed E-state index contributed by atoms with van der Waals surface area (Å²) in [5.74, 6) is -0.648. The molecule has 0 saturated carbocycles. The van der Waals surface area contributed by atoms with Crippen molar-refractivity contribution < 1.29 is 9.53 Å². The summed E-state index contributed by atoms with van der Waals surface area (Å²) < 4.78 is 4.36. The van der Waals surface area contributed by atoms with Crippen LogP contribution in [0.15, 0.2) is 24.6 Å². The number of hydrogen-bond donors (Lipinski definition) is 1. The van der Waals surface area contributed by atoms with Crippen molar-refractivity contribution in [2.75, 3.05) is 0 Å². The van der Waals surface area contributed by atoms with Gasteiger partial charge in [0, 0.05) is 5.57 Å². The highest BCUT2D eigenvalue weighted by Gasteiger charge is 2.01. The molecule has 0 aromatic carbocycles. The van der Waals surface area contributed by atoms with Gasteiger partial charge in [0.15, 0.2) is 5.88 Å². The number of hydrogen-bond acceptors (Lipinski definition) is 3. The van der Waals surface area contributed by atoms with E-state index in [1.54, 1.807) is 0 Å². The van der Waals surface area contributed by atoms with Gasteiger partial charge in [-0.3, -0.25) is 0 Å². The second-order valence-electron chi connectivity index (χ2n) is 1.64. The van der Waals surface area contributed by atoms with Crippen LogP contribution in [0, 0.1) is 0 Å². The number of ether oxygens (including phenoxy) is 1. The first-order valence-electron chi connectivity index (χ1n) is 2.36. The zero-order valence-electron chi connectivity index (χ0n) is 5.31. The molecular weight excluding hydrogens is 118 g/mol. The predicted molar refractivity (Wildman–Crippen MR) is 34.2 cm³/mol. The van der Waals surface area contributed by atoms with Crippen LogP contribution < -0.4 is 5.73 Å². The highest BCUT2D eigenvalue weighted by molar-refractivity contribution is 5.87. The third kappa shape index (κ3) is 3.34. The average molecular weight is 127 g/mol. The van der Waals surface area contributed by atoms with Gasteiger partial charge in [-0.05, 0) is 13.5 Å². The van der Waals surface area contributed by atoms with E-state index in [0.717, 1.165) is 0 Å². The van der Waals surface area contributed by atoms with E-state index in [1.807, 2.05) is 0 Å². The average Bonchev–Trinajstić information content (AvgIpc) is 1.63. The SMILES string of the molecule is C=C(N)OC(=O)C(=C)C. The normalized spacial score (nSPS) is 8.11. The first-order valence-corrected chi connectivity index (χ1v) is 2.36. The number of esters is 1. The highest BCUT2D eigenvalue weighted by Crippen LogP contribution is 1.93. The lowest BCUT2D eigenvalue weighted by Gasteiger charge is -1.99. The van der Waals surface area contributed by atoms with Gasteiger partial charge >= 0.3 is 5.97 Å². The molecule has 0 unspecified atom stereocenters. The van der Waals surface area contributed by atoms with Gasteiger partial charge < -0.3 is 10.5 Å². The van der Waals surface area contributed by atoms with Crippen LogP contribution in [-0.2, 0) is 9.53 Å². The maximum Gasteiger partial charge on any atom is 0.339 e. The van der Waals surface area contributed by atoms with E-state index < -0.39 is 5.97 Å². The Labute approximate surface area is 53.8 Å². The molecule has 3 heteroatoms. The highest BCUT2D eigenvalue weighted by atomic mass is 16.5. The molecule has 0 aromatic rings. The molecule has 0 saturated heterocycles. The fourth-order valence-corrected chi connectivity index (χ4v) is 0.206. The van der Waals surface area contributed by atoms with Crippen molar-refractivity contribution in [3.05, 3.63) is 24.6 Å². The first-order chi connectivity index (χ1) is 4.04. The minimum atomic E-state index is -0.539. The zero-order chi connectivity index (χ0) is 7.44. The molecule has 2 N–H and O–H groups in total. The second kappa shape index (κ2) is 2.91. The Kier molecular flexibility index (Phi) is 2.51. The lowest BCUT2D eigenvalue weighted by atomic mass is 10.4. The topological polar surface area (TPSA) is 52.3 Å². The van der Waals surface area contributed by atoms with Crippen LogP contribution in [0.4, 0.5) is 0 Å². The molecule has 50 valence electrons. The van der Waals surface area contributed by atoms with Crippen LogP contribution in [-0.4, -0.2) is 5.97 Å². The summed E-state index contributed by atoms with van der Waals surface area (Å²) in [7, 11) is 0. The summed E-state index contributed by atoms with van der Waals surface area (Å²) in [6.45, 7) is 8.04. The van der Waals surface area contributed by atoms with E-state index >= 15 is 0 Å². The standard InChI is InChI=1S/C6H9NO2/c1-4(2)6(8)9-5(3)7/h1,3,7H2,2H3. The molecule has 0 radical (unpaired) electrons. The Balaban J connectivity index is 3.79. The van der Waals surface area contributed by atoms with E-state index in [-0.39, 0.29) is 5.88 Å². The maximum absolute atomic E-state index is 10.5. The van der Waals surface area contributed by atoms with E-state index in [4.69, 9.17) is 5.73 Å². The van der Waals surface area contributed by atoms with Gasteiger partial charge in [-0.2, -0.15) is 0 Å². The van der Waals surface area contributed by atoms with Crippen molar-refractivity contribution in [1.29, 1.82) is 0 Å². The lowest BCUT2D eigenvalue weighted by Crippen LogP contribution is -2.09. The monoisotopic (exact) mass is 127 g/mol. The van der Waals surface area contributed by atoms with Crippen molar-refractivity contribution in [2.45, 2.75) is 6.92 Å². The Morgan fingerprint density at radius 2 is 2.00 bits per heavy atom. The molecule has 0 atom stereocenters. The van der Waals surface area contributed by atoms with Crippen molar-refractivity contribution in [3.63, 3.8) is 0 Å². The second-order valence-corrected chi connectivity index (χ2v) is 1.64. The molecule has 0 heterocycles. The Morgan fingerprint density at radius 1 is 1.56 bits per heavy atom. The zero-order valence-corrected chi connectivity index (χ0v) is 5.31. The predicted octanol–water partition coefficient (Wildman–Crippen LogP) is 0.536. The molecule has 9 heavy (non-hydrogen) atoms. The molecule has 3 nitrogen and oxygen atoms in total. The molecule has 0 aliphatic rings. The van der Waals surface area contributed by atoms with Crippen LogP contribution in [0.5, 0.6) is 0 Å². The number of carbonyl (C=O) groups excluding carboxylic acids is 1. The fraction of sp³-hybridized carbons (Fsp3) is 0.167. The van der Waals surface area contributed by atoms with Crippen molar-refractivity contribution >= 4 is 5.97 Å². The van der Waals surface area contributed by atoms with Gasteiger partial charge in [0.05, 0.1) is 0 Å². The number of rotatable bonds is 2. The molecule has 0 amide bonds. The number of nitrogens with two attached hydrogens (primary N) is 1. The van der Waals surface area contributed by atoms with E-state index in [0.29, 0.717) is 5.57 Å². The minimum absolute atomic E-state index is 0.108. The summed E-state index contributed by atoms with van der Waals surface area (Å²) in [5, 5.41) is 0. The first kappa shape index (κ1) is 7.75. The molecule has 0 aromatic heterocycles. The van der Waals surface area contributed by atoms with E-state index in [2.05, 4.69) is 17.9 Å². The van der Waals surface area contributed by atoms with Crippen LogP contribution in [0.2, 0.25) is 0 Å². The summed E-state index contributed by atoms with van der Waals surface area (Å²) >= 11 is 0. The van der Waals surface area contributed by atoms with Gasteiger partial charge in [0.2, 0.25) is 0 Å². The Bertz CT molecular complexity index is 160. The lowest BCUT2D eigenvalue weighted by molar-refractivity contribution is -0.134. The van der Waals surface area contributed by atoms with Gasteiger partial charge in [-0.25, -0.2) is 4.79 Å². The fourth-order valence-electron chi connectivity index (χ4n) is 0.206. The van der Waals surface area contributed by atoms with Crippen LogP contribution in [0.25, 0.3) is 0 Å². The van der Waals surface area contributed by atoms with Gasteiger partial charge in [-0.15, -0.1) is 0 Å². The van der Waals surface area contributed by atoms with Crippen molar-refractivity contribution in [1.82, 2.24) is 0 Å². The minimum Gasteiger partial charge on any atom is -0.407 e. The van der Waals surface area contributed by atoms with E-state index in [9.17, 15) is 4.79 Å². The van der Waals surface area contributed by atoms with Crippen LogP contribution in [0.1, 0.15) is 6.92 Å². The molecule has 0 rings (SSSR count). The molecule has 0 aliphatic heterocycles. The van der Waals surface area contributed by atoms with Crippen LogP contribution in [0.3, 0.4) is 0 Å². The Morgan fingerprint density at radius 3 is 2.11 bits per heavy atom. The molecule has 0 aliphatic carbocycles. The van der Waals surface area contributed by atoms with Gasteiger partial charge in [0.1, 0.15) is 0 Å². The van der Waals surface area contributed by atoms with Crippen molar-refractivity contribution in [2.24, 2.45) is 5.73 Å². The van der Waals surface area contributed by atoms with E-state index in [1.165, 1.54) is 6.92 Å². The summed E-state index contributed by atoms with van der Waals surface area (Å²) in [6, 6.07) is 0. The summed E-state index contributed by atoms with van der Waals surface area (Å²) in [5.41, 5.74) is 5.26. The third-order valence-corrected chi connectivity index (χ3v) is 0.572. The maximum atomic E-state index is 10.5. The van der Waals surface area contributed by atoms with Gasteiger partial charge in [-0.1, -0.05) is 6.58 Å². The van der Waals surface area contributed by atoms with Crippen LogP contribution >= 0.6 is 0 Å². The molecule has 0 spiro atoms. The molecular formula is C6H9NO2. The molecule has 0 fully saturated rings. The number of carbonyl (C=O) groups is 1. The van der Waals surface area contributed by atoms with Crippen molar-refractivity contribution in [3.8, 4) is 0 Å². The van der Waals surface area contributed by atoms with Gasteiger partial charge in [0.25, 0.3) is 0 Å².